The molecule has 1 aliphatic heterocycles. The Balaban J connectivity index is 2.15. The Morgan fingerprint density at radius 3 is 2.73 bits per heavy atom. The molecule has 3 heteroatoms. The predicted molar refractivity (Wildman–Crippen MR) is 48.3 cm³/mol. The van der Waals surface area contributed by atoms with Crippen LogP contribution in [0.15, 0.2) is 5.38 Å². The van der Waals surface area contributed by atoms with Crippen LogP contribution in [0.3, 0.4) is 0 Å². The summed E-state index contributed by atoms with van der Waals surface area (Å²) in [4.78, 5) is 6.81. The van der Waals surface area contributed by atoms with E-state index in [9.17, 15) is 0 Å². The minimum atomic E-state index is 1.15. The van der Waals surface area contributed by atoms with Gasteiger partial charge in [-0.05, 0) is 19.8 Å². The van der Waals surface area contributed by atoms with E-state index in [0.29, 0.717) is 0 Å². The Labute approximate surface area is 70.9 Å². The molecule has 1 aromatic rings. The zero-order valence-corrected chi connectivity index (χ0v) is 7.52. The molecule has 1 fully saturated rings. The molecule has 0 radical (unpaired) electrons. The van der Waals surface area contributed by atoms with Crippen LogP contribution < -0.4 is 4.90 Å². The van der Waals surface area contributed by atoms with Gasteiger partial charge in [-0.15, -0.1) is 11.3 Å². The van der Waals surface area contributed by atoms with Crippen molar-refractivity contribution in [2.75, 3.05) is 18.0 Å². The maximum absolute atomic E-state index is 4.44. The van der Waals surface area contributed by atoms with Gasteiger partial charge in [0, 0.05) is 18.5 Å². The van der Waals surface area contributed by atoms with Gasteiger partial charge in [-0.3, -0.25) is 0 Å². The number of aryl methyl sites for hydroxylation is 1. The van der Waals surface area contributed by atoms with E-state index >= 15 is 0 Å². The van der Waals surface area contributed by atoms with Gasteiger partial charge < -0.3 is 4.90 Å². The topological polar surface area (TPSA) is 16.1 Å². The van der Waals surface area contributed by atoms with E-state index in [0.717, 1.165) is 5.69 Å². The smallest absolute Gasteiger partial charge is 0.185 e. The average molecular weight is 168 g/mol. The lowest BCUT2D eigenvalue weighted by Crippen LogP contribution is -2.17. The molecule has 60 valence electrons. The molecule has 11 heavy (non-hydrogen) atoms. The highest BCUT2D eigenvalue weighted by Gasteiger charge is 2.14. The second-order valence-electron chi connectivity index (χ2n) is 2.97. The normalized spacial score (nSPS) is 17.7. The molecule has 0 N–H and O–H groups in total. The van der Waals surface area contributed by atoms with Crippen LogP contribution in [-0.4, -0.2) is 18.1 Å². The van der Waals surface area contributed by atoms with Crippen LogP contribution in [0.25, 0.3) is 0 Å². The van der Waals surface area contributed by atoms with E-state index in [4.69, 9.17) is 0 Å². The van der Waals surface area contributed by atoms with Crippen LogP contribution in [0.4, 0.5) is 5.13 Å². The van der Waals surface area contributed by atoms with Crippen LogP contribution >= 0.6 is 11.3 Å². The number of thiazole rings is 1. The molecule has 0 spiro atoms. The van der Waals surface area contributed by atoms with Gasteiger partial charge in [0.15, 0.2) is 5.13 Å². The number of anilines is 1. The zero-order valence-electron chi connectivity index (χ0n) is 6.71. The van der Waals surface area contributed by atoms with Crippen LogP contribution in [0, 0.1) is 6.92 Å². The number of hydrogen-bond donors (Lipinski definition) is 0. The van der Waals surface area contributed by atoms with E-state index in [1.165, 1.54) is 31.1 Å². The fourth-order valence-corrected chi connectivity index (χ4v) is 2.25. The molecule has 1 aromatic heterocycles. The molecule has 2 heterocycles. The second-order valence-corrected chi connectivity index (χ2v) is 3.80. The lowest BCUT2D eigenvalue weighted by molar-refractivity contribution is 0.949. The first kappa shape index (κ1) is 7.10. The van der Waals surface area contributed by atoms with Gasteiger partial charge in [0.25, 0.3) is 0 Å². The summed E-state index contributed by atoms with van der Waals surface area (Å²) in [6.45, 7) is 4.45. The summed E-state index contributed by atoms with van der Waals surface area (Å²) in [6, 6.07) is 0. The van der Waals surface area contributed by atoms with Crippen molar-refractivity contribution < 1.29 is 0 Å². The lowest BCUT2D eigenvalue weighted by Gasteiger charge is -2.11. The lowest BCUT2D eigenvalue weighted by atomic mass is 10.4. The first-order valence-corrected chi connectivity index (χ1v) is 4.91. The van der Waals surface area contributed by atoms with Crippen molar-refractivity contribution in [3.05, 3.63) is 11.1 Å². The monoisotopic (exact) mass is 168 g/mol. The fourth-order valence-electron chi connectivity index (χ4n) is 1.40. The molecule has 0 amide bonds. The summed E-state index contributed by atoms with van der Waals surface area (Å²) in [6.07, 6.45) is 2.66. The first-order chi connectivity index (χ1) is 5.36. The van der Waals surface area contributed by atoms with Crippen LogP contribution in [-0.2, 0) is 0 Å². The van der Waals surface area contributed by atoms with Crippen molar-refractivity contribution >= 4 is 16.5 Å². The Hall–Kier alpha value is -0.570. The molecular weight excluding hydrogens is 156 g/mol. The summed E-state index contributed by atoms with van der Waals surface area (Å²) >= 11 is 1.76. The van der Waals surface area contributed by atoms with E-state index in [1.54, 1.807) is 11.3 Å². The van der Waals surface area contributed by atoms with Crippen LogP contribution in [0.2, 0.25) is 0 Å². The summed E-state index contributed by atoms with van der Waals surface area (Å²) in [5, 5.41) is 3.33. The van der Waals surface area contributed by atoms with Crippen molar-refractivity contribution in [3.63, 3.8) is 0 Å². The highest BCUT2D eigenvalue weighted by atomic mass is 32.1. The fraction of sp³-hybridized carbons (Fsp3) is 0.625. The summed E-state index contributed by atoms with van der Waals surface area (Å²) in [5.41, 5.74) is 1.15. The molecule has 0 aromatic carbocycles. The van der Waals surface area contributed by atoms with Crippen molar-refractivity contribution in [1.29, 1.82) is 0 Å². The summed E-state index contributed by atoms with van der Waals surface area (Å²) < 4.78 is 0. The van der Waals surface area contributed by atoms with Gasteiger partial charge in [0.2, 0.25) is 0 Å². The third-order valence-electron chi connectivity index (χ3n) is 1.98. The molecule has 2 nitrogen and oxygen atoms in total. The van der Waals surface area contributed by atoms with Gasteiger partial charge in [0.1, 0.15) is 0 Å². The average Bonchev–Trinajstić information content (AvgIpc) is 2.55. The molecule has 0 unspecified atom stereocenters. The molecule has 1 aliphatic rings. The van der Waals surface area contributed by atoms with Gasteiger partial charge in [0.05, 0.1) is 5.69 Å². The standard InChI is InChI=1S/C8H12N2S/c1-7-6-11-8(9-7)10-4-2-3-5-10/h6H,2-5H2,1H3. The minimum Gasteiger partial charge on any atom is -0.348 e. The third-order valence-corrected chi connectivity index (χ3v) is 3.00. The molecule has 2 rings (SSSR count). The van der Waals surface area contributed by atoms with Crippen molar-refractivity contribution in [3.8, 4) is 0 Å². The van der Waals surface area contributed by atoms with Crippen LogP contribution in [0.5, 0.6) is 0 Å². The number of hydrogen-bond acceptors (Lipinski definition) is 3. The molecule has 0 aliphatic carbocycles. The maximum Gasteiger partial charge on any atom is 0.185 e. The molecular formula is C8H12N2S. The van der Waals surface area contributed by atoms with Gasteiger partial charge in [-0.2, -0.15) is 0 Å². The first-order valence-electron chi connectivity index (χ1n) is 4.03. The van der Waals surface area contributed by atoms with Crippen molar-refractivity contribution in [2.24, 2.45) is 0 Å². The minimum absolute atomic E-state index is 1.15. The predicted octanol–water partition coefficient (Wildman–Crippen LogP) is 2.05. The zero-order chi connectivity index (χ0) is 7.68. The highest BCUT2D eigenvalue weighted by molar-refractivity contribution is 7.13. The highest BCUT2D eigenvalue weighted by Crippen LogP contribution is 2.23. The number of nitrogens with zero attached hydrogens (tertiary/aromatic N) is 2. The third kappa shape index (κ3) is 1.38. The Morgan fingerprint density at radius 1 is 1.45 bits per heavy atom. The SMILES string of the molecule is Cc1csc(N2CCCC2)n1. The summed E-state index contributed by atoms with van der Waals surface area (Å²) in [5.74, 6) is 0. The van der Waals surface area contributed by atoms with Gasteiger partial charge in [-0.1, -0.05) is 0 Å². The second kappa shape index (κ2) is 2.81. The van der Waals surface area contributed by atoms with E-state index in [2.05, 4.69) is 22.2 Å². The molecule has 0 bridgehead atoms. The Kier molecular flexibility index (Phi) is 1.82. The Morgan fingerprint density at radius 2 is 2.18 bits per heavy atom. The van der Waals surface area contributed by atoms with Crippen molar-refractivity contribution in [2.45, 2.75) is 19.8 Å². The van der Waals surface area contributed by atoms with E-state index < -0.39 is 0 Å². The van der Waals surface area contributed by atoms with Gasteiger partial charge >= 0.3 is 0 Å². The number of rotatable bonds is 1. The van der Waals surface area contributed by atoms with Crippen molar-refractivity contribution in [1.82, 2.24) is 4.98 Å². The largest absolute Gasteiger partial charge is 0.348 e. The van der Waals surface area contributed by atoms with E-state index in [-0.39, 0.29) is 0 Å². The van der Waals surface area contributed by atoms with Crippen LogP contribution in [0.1, 0.15) is 18.5 Å². The quantitative estimate of drug-likeness (QED) is 0.638. The molecule has 1 saturated heterocycles. The molecule has 0 saturated carbocycles. The van der Waals surface area contributed by atoms with Gasteiger partial charge in [-0.25, -0.2) is 4.98 Å². The summed E-state index contributed by atoms with van der Waals surface area (Å²) in [7, 11) is 0. The van der Waals surface area contributed by atoms with E-state index in [1.807, 2.05) is 0 Å². The number of aromatic nitrogens is 1. The maximum atomic E-state index is 4.44. The molecule has 0 atom stereocenters. The Bertz CT molecular complexity index is 238.